The smallest absolute Gasteiger partial charge is 0.334 e. The number of fused-ring (bicyclic) bond motifs is 6. The Morgan fingerprint density at radius 1 is 0.636 bits per heavy atom. The van der Waals surface area contributed by atoms with E-state index >= 15 is 0 Å². The zero-order valence-corrected chi connectivity index (χ0v) is 31.6. The van der Waals surface area contributed by atoms with E-state index in [1.165, 1.54) is 6.08 Å². The number of rotatable bonds is 11. The quantitative estimate of drug-likeness (QED) is 0.0726. The fourth-order valence-corrected chi connectivity index (χ4v) is 10.2. The molecule has 284 valence electrons. The summed E-state index contributed by atoms with van der Waals surface area (Å²) in [5.74, 6) is -1.23. The predicted octanol–water partition coefficient (Wildman–Crippen LogP) is 11.1. The third kappa shape index (κ3) is 5.76. The van der Waals surface area contributed by atoms with Crippen LogP contribution >= 0.6 is 0 Å². The van der Waals surface area contributed by atoms with Gasteiger partial charge in [0.1, 0.15) is 50.3 Å². The summed E-state index contributed by atoms with van der Waals surface area (Å²) in [5.41, 5.74) is 7.35. The highest BCUT2D eigenvalue weighted by Gasteiger charge is 2.49. The Morgan fingerprint density at radius 2 is 1.24 bits per heavy atom. The van der Waals surface area contributed by atoms with Crippen LogP contribution in [0.15, 0.2) is 92.7 Å². The zero-order chi connectivity index (χ0) is 38.3. The highest BCUT2D eigenvalue weighted by atomic mass is 16.6. The van der Waals surface area contributed by atoms with Crippen LogP contribution < -0.4 is 0 Å². The number of hydrogen-bond acceptors (Lipinski definition) is 9. The van der Waals surface area contributed by atoms with Crippen molar-refractivity contribution in [2.45, 2.75) is 120 Å². The van der Waals surface area contributed by atoms with Crippen LogP contribution in [0.2, 0.25) is 0 Å². The molecule has 9 nitrogen and oxygen atoms in total. The van der Waals surface area contributed by atoms with Gasteiger partial charge in [0.25, 0.3) is 0 Å². The number of esters is 3. The fraction of sp³-hybridized carbons (Fsp3) is 0.413. The van der Waals surface area contributed by atoms with Crippen LogP contribution in [-0.4, -0.2) is 17.9 Å². The van der Waals surface area contributed by atoms with E-state index in [-0.39, 0.29) is 11.8 Å². The summed E-state index contributed by atoms with van der Waals surface area (Å²) in [6.45, 7) is 14.7. The Morgan fingerprint density at radius 3 is 1.80 bits per heavy atom. The number of carbonyl (C=O) groups excluding carboxylic acids is 3. The summed E-state index contributed by atoms with van der Waals surface area (Å²) in [6.07, 6.45) is 10.4. The van der Waals surface area contributed by atoms with E-state index in [1.54, 1.807) is 13.8 Å². The lowest BCUT2D eigenvalue weighted by Crippen LogP contribution is -2.37. The average molecular weight is 743 g/mol. The van der Waals surface area contributed by atoms with Crippen LogP contribution in [0, 0.1) is 0 Å². The first kappa shape index (κ1) is 35.4. The van der Waals surface area contributed by atoms with Crippen LogP contribution in [0.25, 0.3) is 33.5 Å². The molecule has 9 heteroatoms. The van der Waals surface area contributed by atoms with Crippen LogP contribution in [0.1, 0.15) is 131 Å². The van der Waals surface area contributed by atoms with Crippen molar-refractivity contribution in [3.63, 3.8) is 0 Å². The number of furan rings is 6. The zero-order valence-electron chi connectivity index (χ0n) is 31.6. The number of benzene rings is 3. The molecule has 3 aliphatic rings. The van der Waals surface area contributed by atoms with Gasteiger partial charge in [0, 0.05) is 45.0 Å². The molecule has 6 bridgehead atoms. The molecule has 0 saturated heterocycles. The van der Waals surface area contributed by atoms with E-state index in [0.29, 0.717) is 42.4 Å². The van der Waals surface area contributed by atoms with Gasteiger partial charge in [-0.15, -0.1) is 0 Å². The average Bonchev–Trinajstić information content (AvgIpc) is 4.05. The van der Waals surface area contributed by atoms with Crippen molar-refractivity contribution in [2.75, 3.05) is 0 Å². The first-order valence-electron chi connectivity index (χ1n) is 19.6. The molecule has 3 fully saturated rings. The second kappa shape index (κ2) is 12.9. The third-order valence-corrected chi connectivity index (χ3v) is 12.7. The topological polar surface area (TPSA) is 118 Å². The Kier molecular flexibility index (Phi) is 8.29. The van der Waals surface area contributed by atoms with Crippen LogP contribution in [0.3, 0.4) is 0 Å². The van der Waals surface area contributed by atoms with Gasteiger partial charge in [-0.05, 0) is 145 Å². The van der Waals surface area contributed by atoms with Gasteiger partial charge in [-0.25, -0.2) is 14.4 Å². The molecule has 0 N–H and O–H groups in total. The molecule has 55 heavy (non-hydrogen) atoms. The number of hydrogen-bond donors (Lipinski definition) is 0. The maximum Gasteiger partial charge on any atom is 0.334 e. The summed E-state index contributed by atoms with van der Waals surface area (Å²) < 4.78 is 37.7. The van der Waals surface area contributed by atoms with E-state index in [9.17, 15) is 14.4 Å². The van der Waals surface area contributed by atoms with E-state index in [2.05, 4.69) is 37.9 Å². The van der Waals surface area contributed by atoms with Gasteiger partial charge >= 0.3 is 17.9 Å². The largest absolute Gasteiger partial charge is 0.457 e. The lowest BCUT2D eigenvalue weighted by Gasteiger charge is -2.41. The Balaban J connectivity index is 1.04. The molecule has 3 aliphatic carbocycles. The SMILES string of the molecule is C=CC(=O)OC1(c2cc3oc2cc3C2CCCC(OC(=O)C(=C)C)(c3cc4ccc3o4)C2)CCCC(c2cc3cc(C4(OC(=O)C(=C)C)CCCC4)c2o3)C1. The van der Waals surface area contributed by atoms with Crippen LogP contribution in [0.5, 0.6) is 0 Å². The molecular formula is C46H46O9. The molecule has 4 unspecified atom stereocenters. The minimum atomic E-state index is -0.957. The second-order valence-corrected chi connectivity index (χ2v) is 16.5. The first-order valence-corrected chi connectivity index (χ1v) is 19.6. The van der Waals surface area contributed by atoms with Crippen LogP contribution in [0.4, 0.5) is 0 Å². The molecule has 4 atom stereocenters. The molecule has 0 aliphatic heterocycles. The predicted molar refractivity (Wildman–Crippen MR) is 206 cm³/mol. The molecule has 0 spiro atoms. The molecule has 9 rings (SSSR count). The van der Waals surface area contributed by atoms with Gasteiger partial charge < -0.3 is 27.5 Å². The summed E-state index contributed by atoms with van der Waals surface area (Å²) in [4.78, 5) is 39.0. The molecule has 0 amide bonds. The van der Waals surface area contributed by atoms with Crippen molar-refractivity contribution in [2.24, 2.45) is 0 Å². The van der Waals surface area contributed by atoms with Crippen molar-refractivity contribution in [3.8, 4) is 0 Å². The van der Waals surface area contributed by atoms with Gasteiger partial charge in [0.2, 0.25) is 0 Å². The molecule has 6 aromatic heterocycles. The Hall–Kier alpha value is -5.31. The standard InChI is InChI=1S/C46H46O9/c1-6-40(47)53-45(17-10-12-29(25-45)33-19-31-21-36(41(33)51-31)44(15-7-8-16-44)54-42(48)26(2)3)35-23-38-32(22-39(35)52-38)28-11-9-18-46(24-28,55-43(49)27(4)5)34-20-30-13-14-37(34)50-30/h6,13-14,19-23,28-29H,1-2,4,7-12,15-18,24-25H2,3,5H3. The molecule has 6 aromatic rings. The first-order chi connectivity index (χ1) is 26.4. The Labute approximate surface area is 319 Å². The summed E-state index contributed by atoms with van der Waals surface area (Å²) >= 11 is 0. The minimum Gasteiger partial charge on any atom is -0.457 e. The summed E-state index contributed by atoms with van der Waals surface area (Å²) in [7, 11) is 0. The van der Waals surface area contributed by atoms with E-state index in [1.807, 2.05) is 24.3 Å². The summed E-state index contributed by atoms with van der Waals surface area (Å²) in [6, 6.07) is 14.1. The van der Waals surface area contributed by atoms with Crippen molar-refractivity contribution in [3.05, 3.63) is 107 Å². The van der Waals surface area contributed by atoms with E-state index < -0.39 is 34.7 Å². The van der Waals surface area contributed by atoms with Gasteiger partial charge in [0.15, 0.2) is 0 Å². The third-order valence-electron chi connectivity index (χ3n) is 12.7. The van der Waals surface area contributed by atoms with Crippen molar-refractivity contribution in [1.82, 2.24) is 0 Å². The summed E-state index contributed by atoms with van der Waals surface area (Å²) in [5, 5.41) is 0. The lowest BCUT2D eigenvalue weighted by atomic mass is 9.70. The fourth-order valence-electron chi connectivity index (χ4n) is 10.2. The van der Waals surface area contributed by atoms with E-state index in [4.69, 9.17) is 27.5 Å². The van der Waals surface area contributed by atoms with E-state index in [0.717, 1.165) is 107 Å². The second-order valence-electron chi connectivity index (χ2n) is 16.5. The van der Waals surface area contributed by atoms with Crippen molar-refractivity contribution in [1.29, 1.82) is 0 Å². The molecule has 3 saturated carbocycles. The highest BCUT2D eigenvalue weighted by Crippen LogP contribution is 2.56. The van der Waals surface area contributed by atoms with Gasteiger partial charge in [-0.3, -0.25) is 0 Å². The molecular weight excluding hydrogens is 696 g/mol. The van der Waals surface area contributed by atoms with Gasteiger partial charge in [-0.1, -0.05) is 19.7 Å². The number of carbonyl (C=O) groups is 3. The minimum absolute atomic E-state index is 0.00977. The molecule has 6 heterocycles. The monoisotopic (exact) mass is 742 g/mol. The van der Waals surface area contributed by atoms with Crippen molar-refractivity contribution >= 4 is 51.4 Å². The van der Waals surface area contributed by atoms with Crippen molar-refractivity contribution < 1.29 is 41.8 Å². The molecule has 0 radical (unpaired) electrons. The number of ether oxygens (including phenoxy) is 3. The Bertz CT molecular complexity index is 2450. The highest BCUT2D eigenvalue weighted by molar-refractivity contribution is 5.88. The molecule has 0 aromatic carbocycles. The van der Waals surface area contributed by atoms with Gasteiger partial charge in [-0.2, -0.15) is 0 Å². The maximum atomic E-state index is 13.1. The maximum absolute atomic E-state index is 13.1. The normalized spacial score (nSPS) is 25.5. The van der Waals surface area contributed by atoms with Gasteiger partial charge in [0.05, 0.1) is 0 Å². The lowest BCUT2D eigenvalue weighted by molar-refractivity contribution is -0.161. The van der Waals surface area contributed by atoms with Crippen LogP contribution in [-0.2, 0) is 45.4 Å².